The average molecular weight is 257 g/mol. The number of hydrogen-bond donors (Lipinski definition) is 1. The highest BCUT2D eigenvalue weighted by atomic mass is 15.2. The van der Waals surface area contributed by atoms with Gasteiger partial charge in [-0.2, -0.15) is 5.10 Å². The Morgan fingerprint density at radius 2 is 1.79 bits per heavy atom. The second-order valence-corrected chi connectivity index (χ2v) is 5.07. The summed E-state index contributed by atoms with van der Waals surface area (Å²) < 4.78 is 1.87. The van der Waals surface area contributed by atoms with E-state index in [9.17, 15) is 0 Å². The summed E-state index contributed by atoms with van der Waals surface area (Å²) in [6.45, 7) is 0. The number of hydrogen-bond acceptors (Lipinski definition) is 2. The van der Waals surface area contributed by atoms with E-state index < -0.39 is 0 Å². The fourth-order valence-electron chi connectivity index (χ4n) is 2.36. The van der Waals surface area contributed by atoms with E-state index in [1.807, 2.05) is 17.9 Å². The van der Waals surface area contributed by atoms with Gasteiger partial charge in [0, 0.05) is 19.3 Å². The Balaban J connectivity index is 1.77. The Hall–Kier alpha value is -1.61. The van der Waals surface area contributed by atoms with Gasteiger partial charge in [0.05, 0.1) is 6.20 Å². The molecule has 1 N–H and O–H groups in total. The Kier molecular flexibility index (Phi) is 5.16. The zero-order valence-corrected chi connectivity index (χ0v) is 11.8. The second kappa shape index (κ2) is 7.10. The lowest BCUT2D eigenvalue weighted by Gasteiger charge is -2.15. The molecule has 2 aromatic rings. The predicted molar refractivity (Wildman–Crippen MR) is 79.1 cm³/mol. The Morgan fingerprint density at radius 1 is 1.11 bits per heavy atom. The van der Waals surface area contributed by atoms with Crippen LogP contribution >= 0.6 is 0 Å². The maximum absolute atomic E-state index is 4.21. The van der Waals surface area contributed by atoms with E-state index in [0.717, 1.165) is 19.3 Å². The van der Waals surface area contributed by atoms with Crippen molar-refractivity contribution in [3.63, 3.8) is 0 Å². The van der Waals surface area contributed by atoms with E-state index in [1.165, 1.54) is 17.5 Å². The van der Waals surface area contributed by atoms with E-state index in [2.05, 4.69) is 54.0 Å². The van der Waals surface area contributed by atoms with Crippen molar-refractivity contribution < 1.29 is 0 Å². The minimum absolute atomic E-state index is 0.570. The van der Waals surface area contributed by atoms with Gasteiger partial charge in [-0.25, -0.2) is 0 Å². The van der Waals surface area contributed by atoms with Gasteiger partial charge in [0.1, 0.15) is 0 Å². The lowest BCUT2D eigenvalue weighted by Crippen LogP contribution is -2.26. The lowest BCUT2D eigenvalue weighted by molar-refractivity contribution is 0.489. The fourth-order valence-corrected chi connectivity index (χ4v) is 2.36. The number of nitrogens with one attached hydrogen (secondary N) is 1. The highest BCUT2D eigenvalue weighted by Gasteiger charge is 2.07. The maximum atomic E-state index is 4.21. The van der Waals surface area contributed by atoms with E-state index in [1.54, 1.807) is 0 Å². The number of benzene rings is 1. The van der Waals surface area contributed by atoms with Crippen molar-refractivity contribution in [1.29, 1.82) is 0 Å². The molecule has 3 nitrogen and oxygen atoms in total. The van der Waals surface area contributed by atoms with Crippen LogP contribution in [-0.4, -0.2) is 22.9 Å². The van der Waals surface area contributed by atoms with Gasteiger partial charge in [-0.1, -0.05) is 30.3 Å². The molecular weight excluding hydrogens is 234 g/mol. The van der Waals surface area contributed by atoms with E-state index >= 15 is 0 Å². The van der Waals surface area contributed by atoms with E-state index in [4.69, 9.17) is 0 Å². The fraction of sp³-hybridized carbons (Fsp3) is 0.438. The van der Waals surface area contributed by atoms with Crippen LogP contribution in [0, 0.1) is 0 Å². The van der Waals surface area contributed by atoms with Crippen LogP contribution in [0.25, 0.3) is 0 Å². The van der Waals surface area contributed by atoms with Gasteiger partial charge in [-0.05, 0) is 43.9 Å². The molecule has 0 radical (unpaired) electrons. The Morgan fingerprint density at radius 3 is 2.37 bits per heavy atom. The number of aryl methyl sites for hydroxylation is 3. The van der Waals surface area contributed by atoms with Crippen LogP contribution in [-0.2, 0) is 19.9 Å². The smallest absolute Gasteiger partial charge is 0.0521 e. The molecular formula is C16H23N3. The minimum atomic E-state index is 0.570. The third-order valence-electron chi connectivity index (χ3n) is 3.57. The number of nitrogens with zero attached hydrogens (tertiary/aromatic N) is 2. The summed E-state index contributed by atoms with van der Waals surface area (Å²) >= 11 is 0. The molecule has 3 heteroatoms. The summed E-state index contributed by atoms with van der Waals surface area (Å²) in [5.41, 5.74) is 2.74. The van der Waals surface area contributed by atoms with Gasteiger partial charge >= 0.3 is 0 Å². The summed E-state index contributed by atoms with van der Waals surface area (Å²) in [6, 6.07) is 11.3. The Bertz CT molecular complexity index is 476. The van der Waals surface area contributed by atoms with Crippen molar-refractivity contribution >= 4 is 0 Å². The van der Waals surface area contributed by atoms with Crippen LogP contribution in [0.4, 0.5) is 0 Å². The molecule has 1 aromatic heterocycles. The molecule has 1 heterocycles. The zero-order chi connectivity index (χ0) is 13.5. The van der Waals surface area contributed by atoms with Crippen LogP contribution in [0.15, 0.2) is 42.7 Å². The monoisotopic (exact) mass is 257 g/mol. The highest BCUT2D eigenvalue weighted by Crippen LogP contribution is 2.10. The van der Waals surface area contributed by atoms with Gasteiger partial charge in [0.25, 0.3) is 0 Å². The quantitative estimate of drug-likeness (QED) is 0.826. The molecule has 0 amide bonds. The largest absolute Gasteiger partial charge is 0.317 e. The van der Waals surface area contributed by atoms with Crippen molar-refractivity contribution in [2.24, 2.45) is 7.05 Å². The van der Waals surface area contributed by atoms with Crippen molar-refractivity contribution in [2.75, 3.05) is 7.05 Å². The van der Waals surface area contributed by atoms with Crippen molar-refractivity contribution in [2.45, 2.75) is 31.7 Å². The number of aromatic nitrogens is 2. The molecule has 1 unspecified atom stereocenters. The highest BCUT2D eigenvalue weighted by molar-refractivity contribution is 5.14. The lowest BCUT2D eigenvalue weighted by atomic mass is 10.0. The van der Waals surface area contributed by atoms with Gasteiger partial charge in [0.15, 0.2) is 0 Å². The molecule has 0 aliphatic rings. The first-order chi connectivity index (χ1) is 9.28. The standard InChI is InChI=1S/C16H23N3/c1-17-16(10-8-14-6-4-3-5-7-14)11-9-15-12-18-19(2)13-15/h3-7,12-13,16-17H,8-11H2,1-2H3. The molecule has 19 heavy (non-hydrogen) atoms. The molecule has 1 atom stereocenters. The van der Waals surface area contributed by atoms with Crippen LogP contribution in [0.5, 0.6) is 0 Å². The van der Waals surface area contributed by atoms with E-state index in [-0.39, 0.29) is 0 Å². The molecule has 0 saturated heterocycles. The molecule has 2 rings (SSSR count). The van der Waals surface area contributed by atoms with Crippen LogP contribution in [0.2, 0.25) is 0 Å². The molecule has 0 aliphatic carbocycles. The topological polar surface area (TPSA) is 29.9 Å². The van der Waals surface area contributed by atoms with Crippen molar-refractivity contribution in [1.82, 2.24) is 15.1 Å². The second-order valence-electron chi connectivity index (χ2n) is 5.07. The van der Waals surface area contributed by atoms with Gasteiger partial charge < -0.3 is 5.32 Å². The van der Waals surface area contributed by atoms with Crippen LogP contribution in [0.3, 0.4) is 0 Å². The molecule has 0 fully saturated rings. The van der Waals surface area contributed by atoms with Gasteiger partial charge in [-0.15, -0.1) is 0 Å². The van der Waals surface area contributed by atoms with E-state index in [0.29, 0.717) is 6.04 Å². The van der Waals surface area contributed by atoms with Gasteiger partial charge in [-0.3, -0.25) is 4.68 Å². The summed E-state index contributed by atoms with van der Waals surface area (Å²) in [4.78, 5) is 0. The first kappa shape index (κ1) is 13.8. The predicted octanol–water partition coefficient (Wildman–Crippen LogP) is 2.57. The summed E-state index contributed by atoms with van der Waals surface area (Å²) in [7, 11) is 4.02. The molecule has 1 aromatic carbocycles. The summed E-state index contributed by atoms with van der Waals surface area (Å²) in [5.74, 6) is 0. The third kappa shape index (κ3) is 4.52. The minimum Gasteiger partial charge on any atom is -0.317 e. The molecule has 0 aliphatic heterocycles. The Labute approximate surface area is 115 Å². The summed E-state index contributed by atoms with van der Waals surface area (Å²) in [6.07, 6.45) is 8.64. The third-order valence-corrected chi connectivity index (χ3v) is 3.57. The van der Waals surface area contributed by atoms with Crippen LogP contribution < -0.4 is 5.32 Å². The first-order valence-electron chi connectivity index (χ1n) is 6.96. The first-order valence-corrected chi connectivity index (χ1v) is 6.96. The molecule has 0 bridgehead atoms. The van der Waals surface area contributed by atoms with Crippen molar-refractivity contribution in [3.05, 3.63) is 53.9 Å². The number of rotatable bonds is 7. The average Bonchev–Trinajstić information content (AvgIpc) is 2.86. The molecule has 102 valence electrons. The molecule has 0 saturated carbocycles. The zero-order valence-electron chi connectivity index (χ0n) is 11.8. The summed E-state index contributed by atoms with van der Waals surface area (Å²) in [5, 5.41) is 7.63. The molecule has 0 spiro atoms. The van der Waals surface area contributed by atoms with Crippen LogP contribution in [0.1, 0.15) is 24.0 Å². The van der Waals surface area contributed by atoms with Crippen molar-refractivity contribution in [3.8, 4) is 0 Å². The van der Waals surface area contributed by atoms with Gasteiger partial charge in [0.2, 0.25) is 0 Å². The normalized spacial score (nSPS) is 12.5. The maximum Gasteiger partial charge on any atom is 0.0521 e. The SMILES string of the molecule is CNC(CCc1ccccc1)CCc1cnn(C)c1.